The fraction of sp³-hybridized carbons (Fsp3) is 0.750. The van der Waals surface area contributed by atoms with Crippen LogP contribution >= 0.6 is 0 Å². The van der Waals surface area contributed by atoms with E-state index in [2.05, 4.69) is 10.4 Å². The maximum atomic E-state index is 11.1. The molecule has 0 aliphatic heterocycles. The number of amidine groups is 1. The Morgan fingerprint density at radius 3 is 2.50 bits per heavy atom. The number of nitrogens with one attached hydrogen (secondary N) is 1. The van der Waals surface area contributed by atoms with Gasteiger partial charge in [-0.15, -0.1) is 0 Å². The van der Waals surface area contributed by atoms with Crippen molar-refractivity contribution in [2.75, 3.05) is 6.54 Å². The van der Waals surface area contributed by atoms with E-state index >= 15 is 0 Å². The van der Waals surface area contributed by atoms with Crippen LogP contribution in [0.3, 0.4) is 0 Å². The van der Waals surface area contributed by atoms with Crippen LogP contribution in [0.2, 0.25) is 0 Å². The van der Waals surface area contributed by atoms with Crippen molar-refractivity contribution in [3.63, 3.8) is 0 Å². The highest BCUT2D eigenvalue weighted by Gasteiger charge is 2.15. The average molecular weight is 202 g/mol. The molecule has 0 bridgehead atoms. The summed E-state index contributed by atoms with van der Waals surface area (Å²) in [6, 6.07) is 0. The predicted molar refractivity (Wildman–Crippen MR) is 54.7 cm³/mol. The van der Waals surface area contributed by atoms with Crippen LogP contribution in [0.5, 0.6) is 0 Å². The number of hydrogen-bond acceptors (Lipinski definition) is 4. The molecule has 0 saturated carbocycles. The largest absolute Gasteiger partial charge is 0.444 e. The second-order valence-corrected chi connectivity index (χ2v) is 3.80. The van der Waals surface area contributed by atoms with Crippen molar-refractivity contribution in [3.05, 3.63) is 0 Å². The number of hydrazone groups is 1. The van der Waals surface area contributed by atoms with Gasteiger partial charge in [0.15, 0.2) is 0 Å². The number of amides is 1. The molecule has 1 amide bonds. The van der Waals surface area contributed by atoms with Crippen LogP contribution in [0.25, 0.3) is 0 Å². The molecule has 0 rings (SSSR count). The Labute approximate surface area is 83.7 Å². The fourth-order valence-electron chi connectivity index (χ4n) is 0.671. The summed E-state index contributed by atoms with van der Waals surface area (Å²) in [6.07, 6.45) is -0.0576. The number of ether oxygens (including phenoxy) is 1. The van der Waals surface area contributed by atoms with E-state index < -0.39 is 11.7 Å². The molecule has 0 aromatic rings. The first-order valence-electron chi connectivity index (χ1n) is 4.34. The van der Waals surface area contributed by atoms with Crippen LogP contribution in [0.15, 0.2) is 5.10 Å². The van der Waals surface area contributed by atoms with Gasteiger partial charge in [-0.1, -0.05) is 0 Å². The summed E-state index contributed by atoms with van der Waals surface area (Å²) in [5, 5.41) is 5.79. The Kier molecular flexibility index (Phi) is 4.76. The van der Waals surface area contributed by atoms with Gasteiger partial charge in [-0.2, -0.15) is 5.10 Å². The molecule has 0 aliphatic carbocycles. The van der Waals surface area contributed by atoms with Crippen molar-refractivity contribution >= 4 is 11.9 Å². The van der Waals surface area contributed by atoms with Crippen molar-refractivity contribution in [2.45, 2.75) is 32.8 Å². The van der Waals surface area contributed by atoms with Crippen molar-refractivity contribution in [2.24, 2.45) is 16.7 Å². The summed E-state index contributed by atoms with van der Waals surface area (Å²) < 4.78 is 4.99. The van der Waals surface area contributed by atoms with Crippen molar-refractivity contribution < 1.29 is 9.53 Å². The van der Waals surface area contributed by atoms with Gasteiger partial charge in [0.2, 0.25) is 0 Å². The molecule has 0 aliphatic rings. The lowest BCUT2D eigenvalue weighted by Gasteiger charge is -2.19. The molecular weight excluding hydrogens is 184 g/mol. The van der Waals surface area contributed by atoms with Crippen LogP contribution in [0.1, 0.15) is 27.2 Å². The van der Waals surface area contributed by atoms with Crippen molar-refractivity contribution in [3.8, 4) is 0 Å². The minimum Gasteiger partial charge on any atom is -0.444 e. The number of alkyl carbamates (subject to hydrolysis) is 1. The molecule has 0 aromatic carbocycles. The summed E-state index contributed by atoms with van der Waals surface area (Å²) >= 11 is 0. The van der Waals surface area contributed by atoms with Crippen molar-refractivity contribution in [1.29, 1.82) is 0 Å². The molecule has 6 nitrogen and oxygen atoms in total. The average Bonchev–Trinajstić information content (AvgIpc) is 2.00. The molecule has 0 fully saturated rings. The summed E-state index contributed by atoms with van der Waals surface area (Å²) in [4.78, 5) is 11.1. The van der Waals surface area contributed by atoms with Gasteiger partial charge in [-0.3, -0.25) is 0 Å². The van der Waals surface area contributed by atoms with E-state index in [9.17, 15) is 4.79 Å². The van der Waals surface area contributed by atoms with E-state index in [0.29, 0.717) is 18.8 Å². The predicted octanol–water partition coefficient (Wildman–Crippen LogP) is 0.132. The van der Waals surface area contributed by atoms with E-state index in [1.165, 1.54) is 0 Å². The summed E-state index contributed by atoms with van der Waals surface area (Å²) in [7, 11) is 0. The molecule has 82 valence electrons. The van der Waals surface area contributed by atoms with Gasteiger partial charge < -0.3 is 21.6 Å². The first kappa shape index (κ1) is 12.5. The van der Waals surface area contributed by atoms with Gasteiger partial charge in [0.1, 0.15) is 11.4 Å². The minimum atomic E-state index is -0.489. The van der Waals surface area contributed by atoms with Gasteiger partial charge in [-0.05, 0) is 20.8 Å². The molecular formula is C8H18N4O2. The normalized spacial score (nSPS) is 12.4. The minimum absolute atomic E-state index is 0.293. The third kappa shape index (κ3) is 7.20. The Bertz CT molecular complexity index is 220. The lowest BCUT2D eigenvalue weighted by Crippen LogP contribution is -2.34. The van der Waals surface area contributed by atoms with Gasteiger partial charge in [0, 0.05) is 13.0 Å². The van der Waals surface area contributed by atoms with Crippen molar-refractivity contribution in [1.82, 2.24) is 5.32 Å². The number of hydrogen-bond donors (Lipinski definition) is 3. The highest BCUT2D eigenvalue weighted by molar-refractivity contribution is 5.80. The number of nitrogens with zero attached hydrogens (tertiary/aromatic N) is 1. The third-order valence-corrected chi connectivity index (χ3v) is 1.22. The molecule has 0 radical (unpaired) electrons. The van der Waals surface area contributed by atoms with Crippen LogP contribution in [-0.4, -0.2) is 24.1 Å². The van der Waals surface area contributed by atoms with Gasteiger partial charge in [0.05, 0.1) is 0 Å². The second kappa shape index (κ2) is 5.31. The smallest absolute Gasteiger partial charge is 0.407 e. The van der Waals surface area contributed by atoms with Gasteiger partial charge >= 0.3 is 6.09 Å². The zero-order valence-corrected chi connectivity index (χ0v) is 8.83. The van der Waals surface area contributed by atoms with Gasteiger partial charge in [-0.25, -0.2) is 4.79 Å². The molecule has 0 saturated heterocycles. The van der Waals surface area contributed by atoms with E-state index in [-0.39, 0.29) is 0 Å². The maximum absolute atomic E-state index is 11.1. The molecule has 5 N–H and O–H groups in total. The lowest BCUT2D eigenvalue weighted by atomic mass is 10.2. The molecule has 14 heavy (non-hydrogen) atoms. The molecule has 0 aromatic heterocycles. The molecule has 0 heterocycles. The zero-order chi connectivity index (χ0) is 11.2. The summed E-state index contributed by atoms with van der Waals surface area (Å²) in [6.45, 7) is 5.74. The summed E-state index contributed by atoms with van der Waals surface area (Å²) in [5.41, 5.74) is 4.83. The van der Waals surface area contributed by atoms with E-state index in [4.69, 9.17) is 16.3 Å². The van der Waals surface area contributed by atoms with E-state index in [1.54, 1.807) is 20.8 Å². The number of carbonyl (C=O) groups is 1. The standard InChI is InChI=1S/C8H18N4O2/c1-8(2,3)14-7(13)11-5-4-6(9)12-10/h4-5,10H2,1-3H3,(H2,9,12)(H,11,13). The SMILES string of the molecule is CC(C)(C)OC(=O)NCC/C(N)=N/N. The van der Waals surface area contributed by atoms with E-state index in [1.807, 2.05) is 0 Å². The number of nitrogens with two attached hydrogens (primary N) is 2. The Balaban J connectivity index is 3.66. The quantitative estimate of drug-likeness (QED) is 0.262. The first-order valence-corrected chi connectivity index (χ1v) is 4.34. The molecule has 0 unspecified atom stereocenters. The zero-order valence-electron chi connectivity index (χ0n) is 8.83. The first-order chi connectivity index (χ1) is 6.35. The Hall–Kier alpha value is -1.46. The fourth-order valence-corrected chi connectivity index (χ4v) is 0.671. The Morgan fingerprint density at radius 1 is 1.50 bits per heavy atom. The topological polar surface area (TPSA) is 103 Å². The maximum Gasteiger partial charge on any atom is 0.407 e. The highest BCUT2D eigenvalue weighted by Crippen LogP contribution is 2.06. The van der Waals surface area contributed by atoms with Crippen LogP contribution < -0.4 is 16.9 Å². The Morgan fingerprint density at radius 2 is 2.07 bits per heavy atom. The van der Waals surface area contributed by atoms with Gasteiger partial charge in [0.25, 0.3) is 0 Å². The van der Waals surface area contributed by atoms with E-state index in [0.717, 1.165) is 0 Å². The number of carbonyl (C=O) groups excluding carboxylic acids is 1. The monoisotopic (exact) mass is 202 g/mol. The molecule has 0 spiro atoms. The lowest BCUT2D eigenvalue weighted by molar-refractivity contribution is 0.0529. The van der Waals surface area contributed by atoms with Crippen LogP contribution in [-0.2, 0) is 4.74 Å². The second-order valence-electron chi connectivity index (χ2n) is 3.80. The van der Waals surface area contributed by atoms with Crippen LogP contribution in [0.4, 0.5) is 4.79 Å². The molecule has 0 atom stereocenters. The van der Waals surface area contributed by atoms with Crippen LogP contribution in [0, 0.1) is 0 Å². The molecule has 6 heteroatoms. The summed E-state index contributed by atoms with van der Waals surface area (Å²) in [5.74, 6) is 5.20. The third-order valence-electron chi connectivity index (χ3n) is 1.22. The number of rotatable bonds is 3. The highest BCUT2D eigenvalue weighted by atomic mass is 16.6.